The minimum atomic E-state index is -1.32. The Morgan fingerprint density at radius 2 is 2.20 bits per heavy atom. The van der Waals surface area contributed by atoms with Gasteiger partial charge in [-0.05, 0) is 32.6 Å². The maximum atomic E-state index is 11.7. The van der Waals surface area contributed by atoms with Crippen LogP contribution in [-0.4, -0.2) is 23.0 Å². The normalized spacial score (nSPS) is 19.0. The summed E-state index contributed by atoms with van der Waals surface area (Å²) >= 11 is 0. The highest BCUT2D eigenvalue weighted by molar-refractivity contribution is 6.01. The van der Waals surface area contributed by atoms with Crippen LogP contribution >= 0.6 is 0 Å². The van der Waals surface area contributed by atoms with Crippen molar-refractivity contribution in [1.29, 1.82) is 0 Å². The Balaban J connectivity index is 2.64. The van der Waals surface area contributed by atoms with Crippen LogP contribution in [0.25, 0.3) is 0 Å². The maximum absolute atomic E-state index is 11.7. The van der Waals surface area contributed by atoms with E-state index in [0.29, 0.717) is 12.8 Å². The molecule has 0 aromatic carbocycles. The fourth-order valence-electron chi connectivity index (χ4n) is 1.28. The first kappa shape index (κ1) is 11.8. The first-order valence-corrected chi connectivity index (χ1v) is 5.16. The van der Waals surface area contributed by atoms with Crippen molar-refractivity contribution in [2.75, 3.05) is 0 Å². The molecular formula is C11H17NO3. The molecule has 1 rings (SSSR count). The number of nitrogens with one attached hydrogen (secondary N) is 1. The molecule has 1 saturated carbocycles. The van der Waals surface area contributed by atoms with E-state index in [9.17, 15) is 9.59 Å². The van der Waals surface area contributed by atoms with Gasteiger partial charge in [0.1, 0.15) is 5.41 Å². The molecule has 0 aromatic rings. The second kappa shape index (κ2) is 4.47. The van der Waals surface area contributed by atoms with Crippen LogP contribution in [0.2, 0.25) is 0 Å². The molecule has 0 saturated heterocycles. The van der Waals surface area contributed by atoms with Gasteiger partial charge in [0.05, 0.1) is 0 Å². The third kappa shape index (κ3) is 2.81. The summed E-state index contributed by atoms with van der Waals surface area (Å²) in [5, 5.41) is 11.8. The van der Waals surface area contributed by atoms with Gasteiger partial charge in [-0.3, -0.25) is 9.59 Å². The Hall–Kier alpha value is -1.32. The molecule has 1 fully saturated rings. The molecule has 1 aliphatic carbocycles. The van der Waals surface area contributed by atoms with Crippen molar-refractivity contribution in [3.05, 3.63) is 12.7 Å². The lowest BCUT2D eigenvalue weighted by molar-refractivity contribution is -0.155. The Labute approximate surface area is 89.4 Å². The van der Waals surface area contributed by atoms with E-state index in [1.807, 2.05) is 0 Å². The standard InChI is InChI=1S/C11H17NO3/c1-3-4-7-11(2,10(14)15)9(13)12-8-5-6-8/h3,8H,1,4-7H2,2H3,(H,12,13)(H,14,15). The average Bonchev–Trinajstić information content (AvgIpc) is 2.97. The van der Waals surface area contributed by atoms with Crippen molar-refractivity contribution < 1.29 is 14.7 Å². The van der Waals surface area contributed by atoms with Crippen LogP contribution in [0.3, 0.4) is 0 Å². The molecule has 1 aliphatic rings. The number of rotatable bonds is 6. The number of carboxylic acid groups (broad SMARTS) is 1. The van der Waals surface area contributed by atoms with Crippen molar-refractivity contribution in [1.82, 2.24) is 5.32 Å². The largest absolute Gasteiger partial charge is 0.480 e. The second-order valence-corrected chi connectivity index (χ2v) is 4.21. The summed E-state index contributed by atoms with van der Waals surface area (Å²) in [6.07, 6.45) is 4.38. The van der Waals surface area contributed by atoms with Gasteiger partial charge < -0.3 is 10.4 Å². The lowest BCUT2D eigenvalue weighted by Crippen LogP contribution is -2.45. The van der Waals surface area contributed by atoms with Crippen molar-refractivity contribution in [3.63, 3.8) is 0 Å². The number of amides is 1. The van der Waals surface area contributed by atoms with E-state index in [0.717, 1.165) is 12.8 Å². The summed E-state index contributed by atoms with van der Waals surface area (Å²) in [5.74, 6) is -1.44. The smallest absolute Gasteiger partial charge is 0.318 e. The molecule has 1 unspecified atom stereocenters. The van der Waals surface area contributed by atoms with Gasteiger partial charge >= 0.3 is 5.97 Å². The van der Waals surface area contributed by atoms with E-state index >= 15 is 0 Å². The van der Waals surface area contributed by atoms with Gasteiger partial charge in [0.15, 0.2) is 0 Å². The van der Waals surface area contributed by atoms with Crippen LogP contribution in [0.1, 0.15) is 32.6 Å². The van der Waals surface area contributed by atoms with E-state index in [2.05, 4.69) is 11.9 Å². The highest BCUT2D eigenvalue weighted by Crippen LogP contribution is 2.27. The second-order valence-electron chi connectivity index (χ2n) is 4.21. The first-order chi connectivity index (χ1) is 7.00. The molecule has 0 spiro atoms. The lowest BCUT2D eigenvalue weighted by Gasteiger charge is -2.23. The predicted octanol–water partition coefficient (Wildman–Crippen LogP) is 1.32. The first-order valence-electron chi connectivity index (χ1n) is 5.16. The van der Waals surface area contributed by atoms with E-state index in [1.54, 1.807) is 6.08 Å². The SMILES string of the molecule is C=CCCC(C)(C(=O)O)C(=O)NC1CC1. The number of carbonyl (C=O) groups excluding carboxylic acids is 1. The highest BCUT2D eigenvalue weighted by Gasteiger charge is 2.42. The van der Waals surface area contributed by atoms with Gasteiger partial charge in [0, 0.05) is 6.04 Å². The number of allylic oxidation sites excluding steroid dienone is 1. The van der Waals surface area contributed by atoms with Gasteiger partial charge in [0.2, 0.25) is 5.91 Å². The molecule has 0 heterocycles. The van der Waals surface area contributed by atoms with Crippen molar-refractivity contribution in [3.8, 4) is 0 Å². The van der Waals surface area contributed by atoms with Crippen LogP contribution in [0, 0.1) is 5.41 Å². The van der Waals surface area contributed by atoms with Crippen LogP contribution in [0.4, 0.5) is 0 Å². The van der Waals surface area contributed by atoms with Gasteiger partial charge in [-0.1, -0.05) is 6.08 Å². The van der Waals surface area contributed by atoms with Crippen molar-refractivity contribution in [2.45, 2.75) is 38.6 Å². The minimum Gasteiger partial charge on any atom is -0.480 e. The Morgan fingerprint density at radius 1 is 1.60 bits per heavy atom. The van der Waals surface area contributed by atoms with Gasteiger partial charge in [-0.15, -0.1) is 6.58 Å². The van der Waals surface area contributed by atoms with Crippen LogP contribution in [-0.2, 0) is 9.59 Å². The molecule has 0 aromatic heterocycles. The van der Waals surface area contributed by atoms with Crippen LogP contribution in [0.15, 0.2) is 12.7 Å². The highest BCUT2D eigenvalue weighted by atomic mass is 16.4. The minimum absolute atomic E-state index is 0.194. The van der Waals surface area contributed by atoms with Crippen molar-refractivity contribution in [2.24, 2.45) is 5.41 Å². The Morgan fingerprint density at radius 3 is 2.60 bits per heavy atom. The number of carboxylic acids is 1. The zero-order valence-electron chi connectivity index (χ0n) is 8.95. The molecular weight excluding hydrogens is 194 g/mol. The molecule has 4 heteroatoms. The fraction of sp³-hybridized carbons (Fsp3) is 0.636. The summed E-state index contributed by atoms with van der Waals surface area (Å²) < 4.78 is 0. The van der Waals surface area contributed by atoms with Crippen molar-refractivity contribution >= 4 is 11.9 Å². The number of aliphatic carboxylic acids is 1. The molecule has 84 valence electrons. The summed E-state index contributed by atoms with van der Waals surface area (Å²) in [6, 6.07) is 0.194. The molecule has 0 bridgehead atoms. The topological polar surface area (TPSA) is 66.4 Å². The van der Waals surface area contributed by atoms with Gasteiger partial charge in [0.25, 0.3) is 0 Å². The summed E-state index contributed by atoms with van der Waals surface area (Å²) in [6.45, 7) is 5.00. The monoisotopic (exact) mass is 211 g/mol. The van der Waals surface area contributed by atoms with E-state index in [4.69, 9.17) is 5.11 Å². The molecule has 4 nitrogen and oxygen atoms in total. The maximum Gasteiger partial charge on any atom is 0.318 e. The summed E-state index contributed by atoms with van der Waals surface area (Å²) in [4.78, 5) is 22.8. The molecule has 1 amide bonds. The van der Waals surface area contributed by atoms with Gasteiger partial charge in [-0.25, -0.2) is 0 Å². The summed E-state index contributed by atoms with van der Waals surface area (Å²) in [7, 11) is 0. The predicted molar refractivity (Wildman–Crippen MR) is 56.3 cm³/mol. The number of carbonyl (C=O) groups is 2. The lowest BCUT2D eigenvalue weighted by atomic mass is 9.84. The third-order valence-corrected chi connectivity index (χ3v) is 2.73. The zero-order chi connectivity index (χ0) is 11.5. The molecule has 0 radical (unpaired) electrons. The zero-order valence-corrected chi connectivity index (χ0v) is 8.95. The molecule has 1 atom stereocenters. The summed E-state index contributed by atoms with van der Waals surface area (Å²) in [5.41, 5.74) is -1.32. The van der Waals surface area contributed by atoms with Gasteiger partial charge in [-0.2, -0.15) is 0 Å². The number of hydrogen-bond acceptors (Lipinski definition) is 2. The third-order valence-electron chi connectivity index (χ3n) is 2.73. The quantitative estimate of drug-likeness (QED) is 0.514. The van der Waals surface area contributed by atoms with E-state index in [1.165, 1.54) is 6.92 Å². The number of hydrogen-bond donors (Lipinski definition) is 2. The average molecular weight is 211 g/mol. The fourth-order valence-corrected chi connectivity index (χ4v) is 1.28. The van der Waals surface area contributed by atoms with Crippen LogP contribution < -0.4 is 5.32 Å². The van der Waals surface area contributed by atoms with E-state index < -0.39 is 11.4 Å². The molecule has 15 heavy (non-hydrogen) atoms. The van der Waals surface area contributed by atoms with E-state index in [-0.39, 0.29) is 11.9 Å². The Bertz CT molecular complexity index is 284. The Kier molecular flexibility index (Phi) is 3.50. The van der Waals surface area contributed by atoms with Crippen LogP contribution in [0.5, 0.6) is 0 Å². The molecule has 2 N–H and O–H groups in total. The molecule has 0 aliphatic heterocycles.